The zero-order chi connectivity index (χ0) is 18.7. The predicted molar refractivity (Wildman–Crippen MR) is 113 cm³/mol. The minimum absolute atomic E-state index is 0.157. The predicted octanol–water partition coefficient (Wildman–Crippen LogP) is 5.22. The maximum absolute atomic E-state index is 12.6. The molecule has 3 rings (SSSR count). The molecule has 4 nitrogen and oxygen atoms in total. The lowest BCUT2D eigenvalue weighted by molar-refractivity contribution is 0.595. The normalized spacial score (nSPS) is 12.3. The van der Waals surface area contributed by atoms with Crippen LogP contribution in [0.3, 0.4) is 0 Å². The molecule has 0 atom stereocenters. The number of halogens is 2. The average molecular weight is 514 g/mol. The summed E-state index contributed by atoms with van der Waals surface area (Å²) < 4.78 is 33.0. The molecule has 0 N–H and O–H groups in total. The zero-order valence-electron chi connectivity index (χ0n) is 13.5. The maximum atomic E-state index is 12.6. The van der Waals surface area contributed by atoms with Crippen LogP contribution in [0.2, 0.25) is 0 Å². The highest BCUT2D eigenvalue weighted by atomic mass is 79.9. The highest BCUT2D eigenvalue weighted by molar-refractivity contribution is 9.10. The van der Waals surface area contributed by atoms with E-state index in [9.17, 15) is 8.42 Å². The first-order valence-corrected chi connectivity index (χ1v) is 11.4. The van der Waals surface area contributed by atoms with Crippen LogP contribution in [0.15, 0.2) is 84.8 Å². The summed E-state index contributed by atoms with van der Waals surface area (Å²) >= 11 is 8.01. The molecular formula is C18H14Br2N2O2S2. The molecule has 8 heteroatoms. The second kappa shape index (κ2) is 8.04. The van der Waals surface area contributed by atoms with Gasteiger partial charge in [0.05, 0.1) is 10.6 Å². The van der Waals surface area contributed by atoms with Crippen molar-refractivity contribution in [3.63, 3.8) is 0 Å². The Labute approximate surface area is 172 Å². The molecule has 0 aliphatic heterocycles. The smallest absolute Gasteiger partial charge is 0.285 e. The third-order valence-corrected chi connectivity index (χ3v) is 6.88. The molecule has 0 saturated heterocycles. The number of sulfonamides is 1. The van der Waals surface area contributed by atoms with Gasteiger partial charge >= 0.3 is 0 Å². The van der Waals surface area contributed by atoms with E-state index >= 15 is 0 Å². The van der Waals surface area contributed by atoms with Crippen molar-refractivity contribution in [1.82, 2.24) is 4.57 Å². The lowest BCUT2D eigenvalue weighted by Crippen LogP contribution is -2.17. The largest absolute Gasteiger partial charge is 0.312 e. The number of hydrogen-bond donors (Lipinski definition) is 0. The average Bonchev–Trinajstić information content (AvgIpc) is 2.98. The third kappa shape index (κ3) is 4.25. The minimum atomic E-state index is -3.79. The Balaban J connectivity index is 2.12. The molecule has 0 spiro atoms. The number of nitrogens with zero attached hydrogens (tertiary/aromatic N) is 2. The van der Waals surface area contributed by atoms with E-state index in [1.165, 1.54) is 23.5 Å². The Morgan fingerprint density at radius 3 is 2.19 bits per heavy atom. The van der Waals surface area contributed by atoms with Crippen molar-refractivity contribution in [3.05, 3.63) is 80.3 Å². The third-order valence-electron chi connectivity index (χ3n) is 3.56. The van der Waals surface area contributed by atoms with E-state index in [-0.39, 0.29) is 4.90 Å². The van der Waals surface area contributed by atoms with Gasteiger partial charge in [-0.3, -0.25) is 0 Å². The number of thiazole rings is 1. The van der Waals surface area contributed by atoms with Crippen molar-refractivity contribution in [2.24, 2.45) is 4.40 Å². The first kappa shape index (κ1) is 19.3. The van der Waals surface area contributed by atoms with E-state index in [4.69, 9.17) is 0 Å². The number of hydrogen-bond acceptors (Lipinski definition) is 3. The van der Waals surface area contributed by atoms with Crippen molar-refractivity contribution < 1.29 is 8.42 Å². The number of benzene rings is 2. The minimum Gasteiger partial charge on any atom is -0.312 e. The summed E-state index contributed by atoms with van der Waals surface area (Å²) in [6, 6.07) is 14.3. The molecule has 0 unspecified atom stereocenters. The molecule has 0 bridgehead atoms. The quantitative estimate of drug-likeness (QED) is 0.439. The SMILES string of the molecule is C=CCn1c(-c2ccc(Br)cc2)csc1=NS(=O)(=O)c1ccc(Br)cc1. The second-order valence-corrected chi connectivity index (χ2v) is 9.60. The van der Waals surface area contributed by atoms with E-state index in [0.29, 0.717) is 11.3 Å². The molecule has 134 valence electrons. The lowest BCUT2D eigenvalue weighted by atomic mass is 10.2. The fraction of sp³-hybridized carbons (Fsp3) is 0.0556. The van der Waals surface area contributed by atoms with Gasteiger partial charge < -0.3 is 4.57 Å². The first-order valence-electron chi connectivity index (χ1n) is 7.52. The van der Waals surface area contributed by atoms with Crippen LogP contribution in [0.1, 0.15) is 0 Å². The van der Waals surface area contributed by atoms with Gasteiger partial charge in [-0.05, 0) is 42.0 Å². The van der Waals surface area contributed by atoms with Gasteiger partial charge in [0, 0.05) is 20.9 Å². The summed E-state index contributed by atoms with van der Waals surface area (Å²) in [7, 11) is -3.79. The standard InChI is InChI=1S/C18H14Br2N2O2S2/c1-2-11-22-17(13-3-5-14(19)6-4-13)12-25-18(22)21-26(23,24)16-9-7-15(20)8-10-16/h2-10,12H,1,11H2. The van der Waals surface area contributed by atoms with Crippen LogP contribution in [0, 0.1) is 0 Å². The summed E-state index contributed by atoms with van der Waals surface area (Å²) in [5.74, 6) is 0. The van der Waals surface area contributed by atoms with Crippen LogP contribution in [-0.2, 0) is 16.6 Å². The van der Waals surface area contributed by atoms with E-state index in [0.717, 1.165) is 20.2 Å². The van der Waals surface area contributed by atoms with Crippen molar-refractivity contribution in [2.75, 3.05) is 0 Å². The van der Waals surface area contributed by atoms with Gasteiger partial charge in [0.15, 0.2) is 0 Å². The van der Waals surface area contributed by atoms with Gasteiger partial charge in [0.2, 0.25) is 4.80 Å². The first-order chi connectivity index (χ1) is 12.4. The molecule has 1 heterocycles. The van der Waals surface area contributed by atoms with Crippen LogP contribution in [0.4, 0.5) is 0 Å². The number of aromatic nitrogens is 1. The molecule has 0 radical (unpaired) electrons. The van der Waals surface area contributed by atoms with Crippen molar-refractivity contribution in [2.45, 2.75) is 11.4 Å². The Hall–Kier alpha value is -1.48. The lowest BCUT2D eigenvalue weighted by Gasteiger charge is -2.07. The molecule has 1 aromatic heterocycles. The number of allylic oxidation sites excluding steroid dienone is 1. The Bertz CT molecular complexity index is 1100. The van der Waals surface area contributed by atoms with Gasteiger partial charge in [0.1, 0.15) is 0 Å². The van der Waals surface area contributed by atoms with Crippen LogP contribution >= 0.6 is 43.2 Å². The molecule has 3 aromatic rings. The second-order valence-electron chi connectivity index (χ2n) is 5.33. The molecule has 0 saturated carbocycles. The molecular weight excluding hydrogens is 500 g/mol. The fourth-order valence-corrected chi connectivity index (χ4v) is 4.99. The topological polar surface area (TPSA) is 51.4 Å². The highest BCUT2D eigenvalue weighted by Gasteiger charge is 2.14. The summed E-state index contributed by atoms with van der Waals surface area (Å²) in [4.78, 5) is 0.565. The maximum Gasteiger partial charge on any atom is 0.285 e. The van der Waals surface area contributed by atoms with Crippen LogP contribution in [0.25, 0.3) is 11.3 Å². The van der Waals surface area contributed by atoms with Crippen molar-refractivity contribution in [3.8, 4) is 11.3 Å². The highest BCUT2D eigenvalue weighted by Crippen LogP contribution is 2.23. The molecule has 26 heavy (non-hydrogen) atoms. The van der Waals surface area contributed by atoms with Crippen LogP contribution < -0.4 is 4.80 Å². The van der Waals surface area contributed by atoms with Crippen molar-refractivity contribution >= 4 is 53.2 Å². The van der Waals surface area contributed by atoms with Crippen LogP contribution in [-0.4, -0.2) is 13.0 Å². The molecule has 0 amide bonds. The molecule has 0 aliphatic rings. The van der Waals surface area contributed by atoms with Crippen molar-refractivity contribution in [1.29, 1.82) is 0 Å². The van der Waals surface area contributed by atoms with Gasteiger partial charge in [-0.2, -0.15) is 8.42 Å². The van der Waals surface area contributed by atoms with Gasteiger partial charge in [-0.25, -0.2) is 0 Å². The van der Waals surface area contributed by atoms with E-state index < -0.39 is 10.0 Å². The van der Waals surface area contributed by atoms with Gasteiger partial charge in [-0.15, -0.1) is 22.3 Å². The van der Waals surface area contributed by atoms with Crippen LogP contribution in [0.5, 0.6) is 0 Å². The Kier molecular flexibility index (Phi) is 5.96. The molecule has 2 aromatic carbocycles. The monoisotopic (exact) mass is 512 g/mol. The molecule has 0 aliphatic carbocycles. The summed E-state index contributed by atoms with van der Waals surface area (Å²) in [5.41, 5.74) is 1.88. The summed E-state index contributed by atoms with van der Waals surface area (Å²) in [6.07, 6.45) is 1.72. The van der Waals surface area contributed by atoms with Gasteiger partial charge in [-0.1, -0.05) is 50.1 Å². The Morgan fingerprint density at radius 2 is 1.62 bits per heavy atom. The zero-order valence-corrected chi connectivity index (χ0v) is 18.3. The van der Waals surface area contributed by atoms with E-state index in [1.807, 2.05) is 34.2 Å². The van der Waals surface area contributed by atoms with E-state index in [1.54, 1.807) is 18.2 Å². The van der Waals surface area contributed by atoms with E-state index in [2.05, 4.69) is 42.8 Å². The fourth-order valence-electron chi connectivity index (χ4n) is 2.32. The number of rotatable bonds is 5. The van der Waals surface area contributed by atoms with Gasteiger partial charge in [0.25, 0.3) is 10.0 Å². The molecule has 0 fully saturated rings. The Morgan fingerprint density at radius 1 is 1.04 bits per heavy atom. The summed E-state index contributed by atoms with van der Waals surface area (Å²) in [6.45, 7) is 4.23. The summed E-state index contributed by atoms with van der Waals surface area (Å²) in [5, 5.41) is 1.91.